The van der Waals surface area contributed by atoms with E-state index in [2.05, 4.69) is 21.1 Å². The van der Waals surface area contributed by atoms with Crippen molar-refractivity contribution in [1.82, 2.24) is 5.32 Å². The fraction of sp³-hybridized carbons (Fsp3) is 0.500. The molecule has 2 N–H and O–H groups in total. The number of hydrogen-bond donors (Lipinski definition) is 2. The molecule has 1 saturated carbocycles. The summed E-state index contributed by atoms with van der Waals surface area (Å²) in [6, 6.07) is 9.48. The van der Waals surface area contributed by atoms with Crippen molar-refractivity contribution in [3.05, 3.63) is 62.7 Å². The Kier molecular flexibility index (Phi) is 8.55. The van der Waals surface area contributed by atoms with Gasteiger partial charge in [0, 0.05) is 11.1 Å². The molecule has 0 spiro atoms. The monoisotopic (exact) mass is 496 g/mol. The first kappa shape index (κ1) is 26.7. The van der Waals surface area contributed by atoms with Gasteiger partial charge in [-0.05, 0) is 43.2 Å². The van der Waals surface area contributed by atoms with Crippen LogP contribution in [0.3, 0.4) is 0 Å². The van der Waals surface area contributed by atoms with Crippen LogP contribution in [0.1, 0.15) is 68.7 Å². The molecule has 2 amide bonds. The van der Waals surface area contributed by atoms with Crippen molar-refractivity contribution in [2.24, 2.45) is 0 Å². The largest absolute Gasteiger partial charge is 0.536 e. The number of urea groups is 1. The molecule has 1 aliphatic rings. The summed E-state index contributed by atoms with van der Waals surface area (Å²) in [5.74, 6) is 0.0966. The van der Waals surface area contributed by atoms with Gasteiger partial charge in [-0.15, -0.1) is 0 Å². The van der Waals surface area contributed by atoms with Crippen LogP contribution in [0.4, 0.5) is 16.2 Å². The van der Waals surface area contributed by atoms with Gasteiger partial charge in [-0.3, -0.25) is 10.1 Å². The molecule has 3 rings (SSSR count). The lowest BCUT2D eigenvalue weighted by Crippen LogP contribution is -2.48. The normalized spacial score (nSPS) is 18.1. The molecule has 0 saturated heterocycles. The van der Waals surface area contributed by atoms with Crippen LogP contribution in [0.5, 0.6) is 5.75 Å². The van der Waals surface area contributed by atoms with E-state index in [1.165, 1.54) is 0 Å². The van der Waals surface area contributed by atoms with Crippen molar-refractivity contribution in [3.8, 4) is 5.75 Å². The van der Waals surface area contributed by atoms with E-state index >= 15 is 0 Å². The zero-order chi connectivity index (χ0) is 25.8. The molecule has 0 heterocycles. The lowest BCUT2D eigenvalue weighted by atomic mass is 9.82. The minimum Gasteiger partial charge on any atom is -0.536 e. The highest BCUT2D eigenvalue weighted by atomic mass is 28.2. The second-order valence-corrected chi connectivity index (χ2v) is 10.3. The minimum atomic E-state index is -0.542. The molecule has 0 bridgehead atoms. The van der Waals surface area contributed by atoms with Crippen LogP contribution in [-0.2, 0) is 16.8 Å². The van der Waals surface area contributed by atoms with E-state index in [1.54, 1.807) is 13.8 Å². The fourth-order valence-electron chi connectivity index (χ4n) is 4.70. The van der Waals surface area contributed by atoms with Gasteiger partial charge in [0.05, 0.1) is 29.4 Å². The Hall–Kier alpha value is -2.91. The van der Waals surface area contributed by atoms with E-state index in [0.717, 1.165) is 31.2 Å². The minimum absolute atomic E-state index is 0.0855. The summed E-state index contributed by atoms with van der Waals surface area (Å²) in [6.07, 6.45) is 3.69. The van der Waals surface area contributed by atoms with Crippen molar-refractivity contribution in [2.75, 3.05) is 5.32 Å². The number of nitrogens with zero attached hydrogens (tertiary/aromatic N) is 1. The number of nitro groups is 1. The maximum absolute atomic E-state index is 13.2. The van der Waals surface area contributed by atoms with Crippen molar-refractivity contribution < 1.29 is 18.9 Å². The Balaban J connectivity index is 1.84. The van der Waals surface area contributed by atoms with Gasteiger partial charge in [0.15, 0.2) is 5.75 Å². The Bertz CT molecular complexity index is 1070. The van der Waals surface area contributed by atoms with Gasteiger partial charge in [-0.25, -0.2) is 4.79 Å². The number of carbonyl (C=O) groups is 1. The maximum atomic E-state index is 13.2. The van der Waals surface area contributed by atoms with E-state index in [1.807, 2.05) is 51.1 Å². The van der Waals surface area contributed by atoms with Crippen LogP contribution in [0.25, 0.3) is 0 Å². The average molecular weight is 497 g/mol. The molecular weight excluding hydrogens is 462 g/mol. The molecule has 2 aromatic carbocycles. The molecular formula is C26H34N3O5Si. The molecule has 2 atom stereocenters. The average Bonchev–Trinajstić information content (AvgIpc) is 2.80. The van der Waals surface area contributed by atoms with E-state index in [4.69, 9.17) is 9.16 Å². The highest BCUT2D eigenvalue weighted by Crippen LogP contribution is 2.47. The molecule has 3 radical (unpaired) electrons. The summed E-state index contributed by atoms with van der Waals surface area (Å²) in [4.78, 5) is 24.6. The quantitative estimate of drug-likeness (QED) is 0.294. The number of rotatable bonds is 7. The van der Waals surface area contributed by atoms with E-state index in [0.29, 0.717) is 29.0 Å². The zero-order valence-electron chi connectivity index (χ0n) is 21.1. The van der Waals surface area contributed by atoms with E-state index in [9.17, 15) is 14.9 Å². The summed E-state index contributed by atoms with van der Waals surface area (Å²) < 4.78 is 11.5. The molecule has 0 aromatic heterocycles. The smallest absolute Gasteiger partial charge is 0.341 e. The highest BCUT2D eigenvalue weighted by Gasteiger charge is 2.35. The van der Waals surface area contributed by atoms with Gasteiger partial charge in [-0.1, -0.05) is 63.9 Å². The van der Waals surface area contributed by atoms with Gasteiger partial charge in [0.2, 0.25) is 0 Å². The number of nitrogens with one attached hydrogen (secondary N) is 2. The number of ether oxygens (including phenoxy) is 1. The van der Waals surface area contributed by atoms with Crippen molar-refractivity contribution >= 4 is 27.9 Å². The van der Waals surface area contributed by atoms with Crippen LogP contribution in [-0.4, -0.2) is 33.6 Å². The first-order valence-corrected chi connectivity index (χ1v) is 12.3. The SMILES string of the molecule is Cc1c(C)c([N+](=O)[O-])c(O[Si])c(C(C)(C)C)c1NC(=O)NC1CCCCC1OCc1ccccc1. The Morgan fingerprint density at radius 3 is 2.40 bits per heavy atom. The molecule has 1 fully saturated rings. The van der Waals surface area contributed by atoms with Gasteiger partial charge in [0.25, 0.3) is 0 Å². The highest BCUT2D eigenvalue weighted by molar-refractivity contribution is 6.01. The van der Waals surface area contributed by atoms with Gasteiger partial charge < -0.3 is 19.8 Å². The number of anilines is 1. The second-order valence-electron chi connectivity index (χ2n) is 10.1. The molecule has 187 valence electrons. The van der Waals surface area contributed by atoms with Crippen LogP contribution >= 0.6 is 0 Å². The first-order valence-electron chi connectivity index (χ1n) is 11.9. The number of carbonyl (C=O) groups excluding carboxylic acids is 1. The predicted molar refractivity (Wildman–Crippen MR) is 137 cm³/mol. The molecule has 0 aliphatic heterocycles. The Morgan fingerprint density at radius 2 is 1.80 bits per heavy atom. The summed E-state index contributed by atoms with van der Waals surface area (Å²) in [6.45, 7) is 9.70. The molecule has 1 aliphatic carbocycles. The Morgan fingerprint density at radius 1 is 1.14 bits per heavy atom. The van der Waals surface area contributed by atoms with Crippen LogP contribution in [0, 0.1) is 24.0 Å². The fourth-order valence-corrected chi connectivity index (χ4v) is 4.90. The summed E-state index contributed by atoms with van der Waals surface area (Å²) >= 11 is 0. The number of hydrogen-bond acceptors (Lipinski definition) is 5. The topological polar surface area (TPSA) is 103 Å². The third-order valence-corrected chi connectivity index (χ3v) is 6.79. The van der Waals surface area contributed by atoms with E-state index in [-0.39, 0.29) is 29.6 Å². The lowest BCUT2D eigenvalue weighted by molar-refractivity contribution is -0.386. The maximum Gasteiger partial charge on any atom is 0.341 e. The van der Waals surface area contributed by atoms with Crippen molar-refractivity contribution in [2.45, 2.75) is 84.5 Å². The van der Waals surface area contributed by atoms with E-state index < -0.39 is 10.3 Å². The van der Waals surface area contributed by atoms with Gasteiger partial charge in [0.1, 0.15) is 0 Å². The summed E-state index contributed by atoms with van der Waals surface area (Å²) in [5, 5.41) is 17.9. The number of benzene rings is 2. The van der Waals surface area contributed by atoms with Crippen LogP contribution in [0.2, 0.25) is 0 Å². The second kappa shape index (κ2) is 11.2. The van der Waals surface area contributed by atoms with Gasteiger partial charge in [-0.2, -0.15) is 0 Å². The standard InChI is InChI=1S/C26H34N3O5Si/c1-16-17(2)23(29(31)32)24(34-35)21(26(3,4)5)22(16)28-25(30)27-19-13-9-10-14-20(19)33-15-18-11-7-6-8-12-18/h6-8,11-12,19-20H,9-10,13-15H2,1-5H3,(H2,27,28,30). The first-order chi connectivity index (χ1) is 16.5. The third kappa shape index (κ3) is 6.21. The molecule has 35 heavy (non-hydrogen) atoms. The third-order valence-electron chi connectivity index (χ3n) is 6.58. The zero-order valence-corrected chi connectivity index (χ0v) is 22.1. The number of amides is 2. The van der Waals surface area contributed by atoms with Crippen LogP contribution < -0.4 is 15.1 Å². The number of nitro benzene ring substituents is 1. The molecule has 9 heteroatoms. The van der Waals surface area contributed by atoms with Crippen molar-refractivity contribution in [3.63, 3.8) is 0 Å². The lowest BCUT2D eigenvalue weighted by Gasteiger charge is -2.33. The molecule has 2 unspecified atom stereocenters. The van der Waals surface area contributed by atoms with Gasteiger partial charge >= 0.3 is 22.2 Å². The summed E-state index contributed by atoms with van der Waals surface area (Å²) in [7, 11) is 3.01. The molecule has 2 aromatic rings. The van der Waals surface area contributed by atoms with Crippen molar-refractivity contribution in [1.29, 1.82) is 0 Å². The molecule has 8 nitrogen and oxygen atoms in total. The summed E-state index contributed by atoms with van der Waals surface area (Å²) in [5.41, 5.74) is 2.57. The van der Waals surface area contributed by atoms with Crippen LogP contribution in [0.15, 0.2) is 30.3 Å². The Labute approximate surface area is 210 Å². The predicted octanol–water partition coefficient (Wildman–Crippen LogP) is 5.62.